The summed E-state index contributed by atoms with van der Waals surface area (Å²) in [5.41, 5.74) is 2.11. The summed E-state index contributed by atoms with van der Waals surface area (Å²) >= 11 is 12.4. The van der Waals surface area contributed by atoms with Crippen LogP contribution in [-0.4, -0.2) is 29.3 Å². The molecule has 3 aliphatic carbocycles. The van der Waals surface area contributed by atoms with Gasteiger partial charge in [0.2, 0.25) is 0 Å². The molecule has 146 valence electrons. The number of hydrogen-bond donors (Lipinski definition) is 0. The highest BCUT2D eigenvalue weighted by atomic mass is 35.5. The maximum Gasteiger partial charge on any atom is 0.139 e. The molecular formula is C24H25Cl2NO. The van der Waals surface area contributed by atoms with E-state index in [1.807, 2.05) is 24.3 Å². The number of halogens is 2. The van der Waals surface area contributed by atoms with Gasteiger partial charge in [0.25, 0.3) is 0 Å². The van der Waals surface area contributed by atoms with E-state index in [1.165, 1.54) is 24.0 Å². The van der Waals surface area contributed by atoms with E-state index in [4.69, 9.17) is 23.2 Å². The average Bonchev–Trinajstić information content (AvgIpc) is 3.25. The Balaban J connectivity index is 1.70. The SMILES string of the molecule is O=C1CC2(N3CCCC3)CCC1C(c1ccc(Cl)cc1)(c1ccc(Cl)cc1)C2. The predicted molar refractivity (Wildman–Crippen MR) is 114 cm³/mol. The molecule has 0 N–H and O–H groups in total. The number of likely N-dealkylation sites (tertiary alicyclic amines) is 1. The van der Waals surface area contributed by atoms with Gasteiger partial charge in [-0.25, -0.2) is 0 Å². The third kappa shape index (κ3) is 2.76. The predicted octanol–water partition coefficient (Wildman–Crippen LogP) is 5.89. The van der Waals surface area contributed by atoms with E-state index in [0.29, 0.717) is 12.2 Å². The second-order valence-electron chi connectivity index (χ2n) is 8.81. The summed E-state index contributed by atoms with van der Waals surface area (Å²) in [6, 6.07) is 16.4. The van der Waals surface area contributed by atoms with Gasteiger partial charge in [-0.05, 0) is 80.6 Å². The van der Waals surface area contributed by atoms with Crippen LogP contribution in [0.1, 0.15) is 49.7 Å². The van der Waals surface area contributed by atoms with Crippen molar-refractivity contribution in [2.45, 2.75) is 49.5 Å². The van der Waals surface area contributed by atoms with Crippen molar-refractivity contribution in [1.29, 1.82) is 0 Å². The third-order valence-electron chi connectivity index (χ3n) is 7.49. The molecule has 2 bridgehead atoms. The van der Waals surface area contributed by atoms with Gasteiger partial charge in [0.05, 0.1) is 0 Å². The van der Waals surface area contributed by atoms with Crippen LogP contribution in [0, 0.1) is 5.92 Å². The van der Waals surface area contributed by atoms with Gasteiger partial charge in [-0.1, -0.05) is 47.5 Å². The van der Waals surface area contributed by atoms with Crippen molar-refractivity contribution in [3.05, 3.63) is 69.7 Å². The molecule has 1 saturated heterocycles. The monoisotopic (exact) mass is 413 g/mol. The van der Waals surface area contributed by atoms with Crippen LogP contribution in [0.5, 0.6) is 0 Å². The van der Waals surface area contributed by atoms with Gasteiger partial charge in [-0.15, -0.1) is 0 Å². The molecule has 1 heterocycles. The lowest BCUT2D eigenvalue weighted by Gasteiger charge is -2.60. The van der Waals surface area contributed by atoms with Crippen molar-refractivity contribution in [3.8, 4) is 0 Å². The quantitative estimate of drug-likeness (QED) is 0.625. The lowest BCUT2D eigenvalue weighted by Crippen LogP contribution is -2.64. The number of benzene rings is 2. The van der Waals surface area contributed by atoms with Crippen LogP contribution in [0.25, 0.3) is 0 Å². The van der Waals surface area contributed by atoms with Gasteiger partial charge in [0, 0.05) is 33.3 Å². The molecule has 0 aromatic heterocycles. The average molecular weight is 414 g/mol. The number of carbonyl (C=O) groups excluding carboxylic acids is 1. The molecule has 1 aliphatic heterocycles. The Morgan fingerprint density at radius 2 is 1.39 bits per heavy atom. The number of rotatable bonds is 3. The summed E-state index contributed by atoms with van der Waals surface area (Å²) in [6.45, 7) is 2.24. The second kappa shape index (κ2) is 6.86. The summed E-state index contributed by atoms with van der Waals surface area (Å²) in [5, 5.41) is 1.47. The fraction of sp³-hybridized carbons (Fsp3) is 0.458. The van der Waals surface area contributed by atoms with E-state index >= 15 is 0 Å². The minimum absolute atomic E-state index is 0.0123. The minimum Gasteiger partial charge on any atom is -0.299 e. The highest BCUT2D eigenvalue weighted by molar-refractivity contribution is 6.30. The Labute approximate surface area is 176 Å². The van der Waals surface area contributed by atoms with Crippen LogP contribution < -0.4 is 0 Å². The molecule has 2 atom stereocenters. The van der Waals surface area contributed by atoms with Gasteiger partial charge < -0.3 is 0 Å². The smallest absolute Gasteiger partial charge is 0.139 e. The van der Waals surface area contributed by atoms with E-state index in [-0.39, 0.29) is 16.9 Å². The van der Waals surface area contributed by atoms with Crippen molar-refractivity contribution in [2.24, 2.45) is 5.92 Å². The number of carbonyl (C=O) groups is 1. The van der Waals surface area contributed by atoms with Crippen LogP contribution in [0.15, 0.2) is 48.5 Å². The molecule has 2 nitrogen and oxygen atoms in total. The maximum atomic E-state index is 13.4. The van der Waals surface area contributed by atoms with Crippen molar-refractivity contribution >= 4 is 29.0 Å². The first kappa shape index (κ1) is 18.7. The number of hydrogen-bond acceptors (Lipinski definition) is 2. The summed E-state index contributed by atoms with van der Waals surface area (Å²) in [5.74, 6) is 0.452. The zero-order chi connectivity index (χ0) is 19.4. The first-order valence-electron chi connectivity index (χ1n) is 10.3. The maximum absolute atomic E-state index is 13.4. The van der Waals surface area contributed by atoms with E-state index in [0.717, 1.165) is 42.4 Å². The summed E-state index contributed by atoms with van der Waals surface area (Å²) < 4.78 is 0. The third-order valence-corrected chi connectivity index (χ3v) is 7.99. The van der Waals surface area contributed by atoms with Gasteiger partial charge >= 0.3 is 0 Å². The highest BCUT2D eigenvalue weighted by Crippen LogP contribution is 2.59. The summed E-state index contributed by atoms with van der Waals surface area (Å²) in [6.07, 6.45) is 6.29. The van der Waals surface area contributed by atoms with Crippen LogP contribution in [0.4, 0.5) is 0 Å². The van der Waals surface area contributed by atoms with Crippen LogP contribution >= 0.6 is 23.2 Å². The van der Waals surface area contributed by atoms with E-state index in [1.54, 1.807) is 0 Å². The Bertz CT molecular complexity index is 840. The molecule has 2 unspecified atom stereocenters. The normalized spacial score (nSPS) is 29.4. The Kier molecular flexibility index (Phi) is 4.58. The number of ketones is 1. The zero-order valence-corrected chi connectivity index (χ0v) is 17.5. The zero-order valence-electron chi connectivity index (χ0n) is 16.0. The molecule has 3 saturated carbocycles. The summed E-state index contributed by atoms with van der Waals surface area (Å²) in [4.78, 5) is 16.1. The molecule has 0 spiro atoms. The van der Waals surface area contributed by atoms with Gasteiger partial charge in [-0.3, -0.25) is 9.69 Å². The first-order valence-corrected chi connectivity index (χ1v) is 11.1. The highest BCUT2D eigenvalue weighted by Gasteiger charge is 2.61. The van der Waals surface area contributed by atoms with Crippen LogP contribution in [-0.2, 0) is 10.2 Å². The first-order chi connectivity index (χ1) is 13.5. The van der Waals surface area contributed by atoms with E-state index in [2.05, 4.69) is 29.2 Å². The molecule has 2 aromatic rings. The molecule has 28 heavy (non-hydrogen) atoms. The number of fused-ring (bicyclic) bond motifs is 3. The molecule has 0 amide bonds. The molecule has 4 fully saturated rings. The van der Waals surface area contributed by atoms with Crippen LogP contribution in [0.2, 0.25) is 10.0 Å². The molecule has 6 rings (SSSR count). The molecule has 0 radical (unpaired) electrons. The largest absolute Gasteiger partial charge is 0.299 e. The van der Waals surface area contributed by atoms with E-state index in [9.17, 15) is 4.79 Å². The minimum atomic E-state index is -0.300. The van der Waals surface area contributed by atoms with Crippen molar-refractivity contribution < 1.29 is 4.79 Å². The van der Waals surface area contributed by atoms with Crippen molar-refractivity contribution in [1.82, 2.24) is 4.90 Å². The van der Waals surface area contributed by atoms with Gasteiger partial charge in [0.1, 0.15) is 5.78 Å². The molecule has 4 aliphatic rings. The lowest BCUT2D eigenvalue weighted by molar-refractivity contribution is -0.141. The Morgan fingerprint density at radius 1 is 0.857 bits per heavy atom. The fourth-order valence-corrected chi connectivity index (χ4v) is 6.52. The summed E-state index contributed by atoms with van der Waals surface area (Å²) in [7, 11) is 0. The van der Waals surface area contributed by atoms with Gasteiger partial charge in [-0.2, -0.15) is 0 Å². The second-order valence-corrected chi connectivity index (χ2v) is 9.69. The lowest BCUT2D eigenvalue weighted by atomic mass is 9.48. The van der Waals surface area contributed by atoms with Crippen molar-refractivity contribution in [2.75, 3.05) is 13.1 Å². The fourth-order valence-electron chi connectivity index (χ4n) is 6.27. The standard InChI is InChI=1S/C24H25Cl2NO/c25-19-7-3-17(4-8-19)24(18-5-9-20(26)10-6-18)16-23(27-13-1-2-14-27)12-11-21(24)22(28)15-23/h3-10,21H,1-2,11-16H2. The number of nitrogens with zero attached hydrogens (tertiary/aromatic N) is 1. The molecular weight excluding hydrogens is 389 g/mol. The van der Waals surface area contributed by atoms with Gasteiger partial charge in [0.15, 0.2) is 0 Å². The topological polar surface area (TPSA) is 20.3 Å². The number of Topliss-reactive ketones (excluding diaryl/α,β-unsaturated/α-hetero) is 1. The van der Waals surface area contributed by atoms with E-state index < -0.39 is 0 Å². The molecule has 2 aromatic carbocycles. The van der Waals surface area contributed by atoms with Crippen molar-refractivity contribution in [3.63, 3.8) is 0 Å². The van der Waals surface area contributed by atoms with Crippen LogP contribution in [0.3, 0.4) is 0 Å². The Hall–Kier alpha value is -1.35. The Morgan fingerprint density at radius 3 is 1.89 bits per heavy atom. The molecule has 4 heteroatoms.